The average Bonchev–Trinajstić information content (AvgIpc) is 2.75. The molecular formula is C14H17BrFN3O. The summed E-state index contributed by atoms with van der Waals surface area (Å²) in [5, 5.41) is 3.93. The molecule has 0 radical (unpaired) electrons. The lowest BCUT2D eigenvalue weighted by molar-refractivity contribution is 0.300. The van der Waals surface area contributed by atoms with Gasteiger partial charge in [-0.2, -0.15) is 4.98 Å². The Morgan fingerprint density at radius 1 is 1.25 bits per heavy atom. The van der Waals surface area contributed by atoms with Crippen molar-refractivity contribution < 1.29 is 8.91 Å². The molecule has 108 valence electrons. The minimum Gasteiger partial charge on any atom is -0.339 e. The second-order valence-corrected chi connectivity index (χ2v) is 6.16. The van der Waals surface area contributed by atoms with E-state index >= 15 is 0 Å². The second-order valence-electron chi connectivity index (χ2n) is 5.24. The molecule has 0 bridgehead atoms. The first-order valence-corrected chi connectivity index (χ1v) is 7.23. The van der Waals surface area contributed by atoms with Crippen LogP contribution in [0.4, 0.5) is 4.39 Å². The summed E-state index contributed by atoms with van der Waals surface area (Å²) < 4.78 is 19.3. The molecule has 0 aliphatic rings. The Bertz CT molecular complexity index is 570. The van der Waals surface area contributed by atoms with Crippen molar-refractivity contribution in [2.75, 3.05) is 0 Å². The Morgan fingerprint density at radius 3 is 2.50 bits per heavy atom. The van der Waals surface area contributed by atoms with Crippen LogP contribution in [0, 0.1) is 11.7 Å². The van der Waals surface area contributed by atoms with Crippen molar-refractivity contribution in [1.29, 1.82) is 0 Å². The van der Waals surface area contributed by atoms with E-state index < -0.39 is 0 Å². The highest BCUT2D eigenvalue weighted by Gasteiger charge is 2.26. The molecule has 0 saturated heterocycles. The first-order valence-electron chi connectivity index (χ1n) is 6.44. The maximum Gasteiger partial charge on any atom is 0.231 e. The van der Waals surface area contributed by atoms with Crippen LogP contribution in [-0.2, 0) is 0 Å². The zero-order valence-electron chi connectivity index (χ0n) is 11.6. The molecule has 0 spiro atoms. The molecule has 2 N–H and O–H groups in total. The van der Waals surface area contributed by atoms with E-state index in [0.717, 1.165) is 0 Å². The van der Waals surface area contributed by atoms with Gasteiger partial charge in [0.1, 0.15) is 5.82 Å². The number of nitrogens with two attached hydrogens (primary N) is 1. The zero-order valence-corrected chi connectivity index (χ0v) is 13.2. The molecule has 2 rings (SSSR count). The van der Waals surface area contributed by atoms with Crippen LogP contribution in [0.25, 0.3) is 11.4 Å². The molecule has 1 heterocycles. The molecule has 0 amide bonds. The third-order valence-electron chi connectivity index (χ3n) is 3.13. The van der Waals surface area contributed by atoms with Crippen LogP contribution in [0.2, 0.25) is 0 Å². The van der Waals surface area contributed by atoms with Crippen LogP contribution in [0.3, 0.4) is 0 Å². The average molecular weight is 342 g/mol. The van der Waals surface area contributed by atoms with E-state index in [1.165, 1.54) is 12.1 Å². The van der Waals surface area contributed by atoms with Gasteiger partial charge in [-0.15, -0.1) is 0 Å². The number of aromatic nitrogens is 2. The highest BCUT2D eigenvalue weighted by atomic mass is 79.9. The summed E-state index contributed by atoms with van der Waals surface area (Å²) >= 11 is 3.25. The Morgan fingerprint density at radius 2 is 1.95 bits per heavy atom. The third kappa shape index (κ3) is 3.24. The van der Waals surface area contributed by atoms with Gasteiger partial charge in [-0.1, -0.05) is 34.9 Å². The van der Waals surface area contributed by atoms with Crippen LogP contribution in [-0.4, -0.2) is 16.2 Å². The molecule has 1 aromatic heterocycles. The summed E-state index contributed by atoms with van der Waals surface area (Å²) in [6.45, 7) is 6.01. The topological polar surface area (TPSA) is 64.9 Å². The van der Waals surface area contributed by atoms with Gasteiger partial charge in [0.05, 0.1) is 5.92 Å². The van der Waals surface area contributed by atoms with Gasteiger partial charge < -0.3 is 10.3 Å². The van der Waals surface area contributed by atoms with E-state index in [-0.39, 0.29) is 23.7 Å². The maximum absolute atomic E-state index is 13.4. The molecule has 1 aromatic carbocycles. The number of hydrogen-bond acceptors (Lipinski definition) is 4. The van der Waals surface area contributed by atoms with Gasteiger partial charge in [-0.05, 0) is 31.0 Å². The van der Waals surface area contributed by atoms with Crippen LogP contribution < -0.4 is 5.73 Å². The van der Waals surface area contributed by atoms with Gasteiger partial charge in [0.15, 0.2) is 0 Å². The van der Waals surface area contributed by atoms with Gasteiger partial charge in [0, 0.05) is 16.1 Å². The summed E-state index contributed by atoms with van der Waals surface area (Å²) in [6.07, 6.45) is 0. The van der Waals surface area contributed by atoms with E-state index in [4.69, 9.17) is 10.3 Å². The van der Waals surface area contributed by atoms with Crippen molar-refractivity contribution >= 4 is 15.9 Å². The molecule has 4 nitrogen and oxygen atoms in total. The zero-order chi connectivity index (χ0) is 14.9. The fraction of sp³-hybridized carbons (Fsp3) is 0.429. The lowest BCUT2D eigenvalue weighted by Crippen LogP contribution is -2.28. The molecule has 0 aliphatic carbocycles. The van der Waals surface area contributed by atoms with E-state index in [1.54, 1.807) is 6.07 Å². The van der Waals surface area contributed by atoms with E-state index in [1.807, 2.05) is 6.92 Å². The highest BCUT2D eigenvalue weighted by Crippen LogP contribution is 2.28. The summed E-state index contributed by atoms with van der Waals surface area (Å²) in [5.74, 6) is 0.765. The van der Waals surface area contributed by atoms with Gasteiger partial charge in [-0.25, -0.2) is 4.39 Å². The first kappa shape index (κ1) is 15.1. The number of benzene rings is 1. The van der Waals surface area contributed by atoms with E-state index in [0.29, 0.717) is 21.8 Å². The molecule has 2 unspecified atom stereocenters. The monoisotopic (exact) mass is 341 g/mol. The van der Waals surface area contributed by atoms with Gasteiger partial charge >= 0.3 is 0 Å². The van der Waals surface area contributed by atoms with Crippen molar-refractivity contribution in [3.63, 3.8) is 0 Å². The predicted molar refractivity (Wildman–Crippen MR) is 78.6 cm³/mol. The van der Waals surface area contributed by atoms with Crippen LogP contribution in [0.5, 0.6) is 0 Å². The lowest BCUT2D eigenvalue weighted by Gasteiger charge is -2.20. The number of halogens is 2. The normalized spacial score (nSPS) is 14.6. The third-order valence-corrected chi connectivity index (χ3v) is 3.59. The molecular weight excluding hydrogens is 325 g/mol. The maximum atomic E-state index is 13.4. The minimum absolute atomic E-state index is 0.0201. The molecule has 2 atom stereocenters. The summed E-state index contributed by atoms with van der Waals surface area (Å²) in [6, 6.07) is 4.40. The molecule has 0 aliphatic heterocycles. The van der Waals surface area contributed by atoms with E-state index in [9.17, 15) is 4.39 Å². The fourth-order valence-electron chi connectivity index (χ4n) is 2.29. The molecule has 6 heteroatoms. The van der Waals surface area contributed by atoms with Crippen molar-refractivity contribution in [2.24, 2.45) is 11.7 Å². The SMILES string of the molecule is CC(C)C(c1nc(-c2cc(F)cc(Br)c2)no1)C(C)N. The molecule has 20 heavy (non-hydrogen) atoms. The second kappa shape index (κ2) is 6.01. The van der Waals surface area contributed by atoms with Crippen LogP contribution in [0.1, 0.15) is 32.6 Å². The minimum atomic E-state index is -0.353. The van der Waals surface area contributed by atoms with E-state index in [2.05, 4.69) is 39.9 Å². The lowest BCUT2D eigenvalue weighted by atomic mass is 9.90. The molecule has 0 saturated carbocycles. The smallest absolute Gasteiger partial charge is 0.231 e. The summed E-state index contributed by atoms with van der Waals surface area (Å²) in [5.41, 5.74) is 6.54. The van der Waals surface area contributed by atoms with Crippen molar-refractivity contribution in [3.05, 3.63) is 34.4 Å². The molecule has 0 fully saturated rings. The quantitative estimate of drug-likeness (QED) is 0.920. The summed E-state index contributed by atoms with van der Waals surface area (Å²) in [7, 11) is 0. The van der Waals surface area contributed by atoms with Crippen molar-refractivity contribution in [2.45, 2.75) is 32.7 Å². The highest BCUT2D eigenvalue weighted by molar-refractivity contribution is 9.10. The van der Waals surface area contributed by atoms with Gasteiger partial charge in [-0.3, -0.25) is 0 Å². The summed E-state index contributed by atoms with van der Waals surface area (Å²) in [4.78, 5) is 4.36. The van der Waals surface area contributed by atoms with Gasteiger partial charge in [0.25, 0.3) is 0 Å². The number of rotatable bonds is 4. The van der Waals surface area contributed by atoms with Crippen molar-refractivity contribution in [3.8, 4) is 11.4 Å². The molecule has 2 aromatic rings. The number of hydrogen-bond donors (Lipinski definition) is 1. The first-order chi connectivity index (χ1) is 9.38. The Labute approximate surface area is 125 Å². The van der Waals surface area contributed by atoms with Crippen LogP contribution >= 0.6 is 15.9 Å². The van der Waals surface area contributed by atoms with Crippen molar-refractivity contribution in [1.82, 2.24) is 10.1 Å². The van der Waals surface area contributed by atoms with Gasteiger partial charge in [0.2, 0.25) is 11.7 Å². The Balaban J connectivity index is 2.37. The fourth-order valence-corrected chi connectivity index (χ4v) is 2.75. The predicted octanol–water partition coefficient (Wildman–Crippen LogP) is 3.73. The largest absolute Gasteiger partial charge is 0.339 e. The number of nitrogens with zero attached hydrogens (tertiary/aromatic N) is 2. The van der Waals surface area contributed by atoms with Crippen LogP contribution in [0.15, 0.2) is 27.2 Å². The Hall–Kier alpha value is -1.27. The standard InChI is InChI=1S/C14H17BrFN3O/c1-7(2)12(8(3)17)14-18-13(19-20-14)9-4-10(15)6-11(16)5-9/h4-8,12H,17H2,1-3H3. The Kier molecular flexibility index (Phi) is 4.55.